The van der Waals surface area contributed by atoms with E-state index in [1.165, 1.54) is 16.9 Å². The molecule has 0 spiro atoms. The van der Waals surface area contributed by atoms with Crippen molar-refractivity contribution >= 4 is 35.0 Å². The number of hydrazone groups is 2. The molecule has 1 amide bonds. The summed E-state index contributed by atoms with van der Waals surface area (Å²) in [6, 6.07) is 3.97. The first kappa shape index (κ1) is 31.1. The lowest BCUT2D eigenvalue weighted by molar-refractivity contribution is 0.0207. The molecule has 1 aliphatic heterocycles. The van der Waals surface area contributed by atoms with Gasteiger partial charge >= 0.3 is 6.09 Å². The maximum absolute atomic E-state index is 12.4. The fourth-order valence-corrected chi connectivity index (χ4v) is 4.22. The van der Waals surface area contributed by atoms with E-state index in [-0.39, 0.29) is 23.9 Å². The molecule has 13 heteroatoms. The van der Waals surface area contributed by atoms with Crippen LogP contribution in [0, 0.1) is 16.7 Å². The SMILES string of the molecule is CC(=NC1CCN(C(=O)OC(C)(C)C)CC1)/C(=N\N)c1cc(OC(C)C(=N)/C=N\NC(C)C)c2c(C#N)cnn2c1. The van der Waals surface area contributed by atoms with E-state index in [2.05, 4.69) is 26.8 Å². The quantitative estimate of drug-likeness (QED) is 0.237. The van der Waals surface area contributed by atoms with Crippen molar-refractivity contribution in [2.24, 2.45) is 21.0 Å². The van der Waals surface area contributed by atoms with Crippen LogP contribution in [-0.2, 0) is 4.74 Å². The number of nitriles is 1. The standard InChI is InChI=1S/C28H40N10O3/c1-17(2)36-32-15-23(30)19(4)40-24-12-20(16-38-26(24)21(13-29)14-33-38)25(35-31)18(3)34-22-8-10-37(11-9-22)27(39)41-28(5,6)7/h12,14-17,19,22,30,36H,8-11,31H2,1-7H3/b30-23?,32-15-,34-18?,35-25+. The topological polar surface area (TPSA) is 179 Å². The maximum atomic E-state index is 12.4. The number of carbonyl (C=O) groups excluding carboxylic acids is 1. The molecular weight excluding hydrogens is 524 g/mol. The maximum Gasteiger partial charge on any atom is 0.410 e. The van der Waals surface area contributed by atoms with E-state index in [0.717, 1.165) is 0 Å². The van der Waals surface area contributed by atoms with Crippen LogP contribution in [0.15, 0.2) is 33.7 Å². The van der Waals surface area contributed by atoms with Crippen LogP contribution in [0.1, 0.15) is 72.4 Å². The molecule has 0 aromatic carbocycles. The molecule has 1 aliphatic rings. The monoisotopic (exact) mass is 564 g/mol. The minimum Gasteiger partial charge on any atom is -0.482 e. The van der Waals surface area contributed by atoms with Crippen molar-refractivity contribution in [1.29, 1.82) is 10.7 Å². The molecule has 1 fully saturated rings. The summed E-state index contributed by atoms with van der Waals surface area (Å²) in [6.45, 7) is 14.1. The fourth-order valence-electron chi connectivity index (χ4n) is 4.22. The van der Waals surface area contributed by atoms with Gasteiger partial charge in [-0.15, -0.1) is 0 Å². The second-order valence-corrected chi connectivity index (χ2v) is 11.2. The van der Waals surface area contributed by atoms with Crippen molar-refractivity contribution in [3.8, 4) is 11.8 Å². The van der Waals surface area contributed by atoms with Gasteiger partial charge in [-0.25, -0.2) is 9.31 Å². The molecule has 1 atom stereocenters. The number of hydrogen-bond donors (Lipinski definition) is 3. The number of aliphatic imine (C=N–C) groups is 1. The highest BCUT2D eigenvalue weighted by Gasteiger charge is 2.27. The Balaban J connectivity index is 1.83. The van der Waals surface area contributed by atoms with Gasteiger partial charge in [0.15, 0.2) is 0 Å². The summed E-state index contributed by atoms with van der Waals surface area (Å²) in [5.41, 5.74) is 4.91. The third-order valence-electron chi connectivity index (χ3n) is 6.21. The second-order valence-electron chi connectivity index (χ2n) is 11.2. The lowest BCUT2D eigenvalue weighted by atomic mass is 10.0. The predicted octanol–water partition coefficient (Wildman–Crippen LogP) is 3.50. The molecule has 0 radical (unpaired) electrons. The van der Waals surface area contributed by atoms with Crippen LogP contribution in [0.4, 0.5) is 4.79 Å². The largest absolute Gasteiger partial charge is 0.482 e. The summed E-state index contributed by atoms with van der Waals surface area (Å²) >= 11 is 0. The van der Waals surface area contributed by atoms with Crippen LogP contribution in [0.25, 0.3) is 5.52 Å². The molecule has 1 unspecified atom stereocenters. The number of aromatic nitrogens is 2. The van der Waals surface area contributed by atoms with Crippen LogP contribution in [0.3, 0.4) is 0 Å². The number of nitrogens with two attached hydrogens (primary N) is 1. The van der Waals surface area contributed by atoms with E-state index in [4.69, 9.17) is 25.7 Å². The van der Waals surface area contributed by atoms with E-state index >= 15 is 0 Å². The minimum atomic E-state index is -0.670. The van der Waals surface area contributed by atoms with Gasteiger partial charge in [0.1, 0.15) is 40.3 Å². The van der Waals surface area contributed by atoms with Crippen molar-refractivity contribution in [2.75, 3.05) is 13.1 Å². The van der Waals surface area contributed by atoms with Crippen molar-refractivity contribution < 1.29 is 14.3 Å². The molecule has 41 heavy (non-hydrogen) atoms. The lowest BCUT2D eigenvalue weighted by Crippen LogP contribution is -2.42. The third kappa shape index (κ3) is 8.26. The first-order valence-electron chi connectivity index (χ1n) is 13.6. The van der Waals surface area contributed by atoms with Crippen molar-refractivity contribution in [3.63, 3.8) is 0 Å². The van der Waals surface area contributed by atoms with E-state index < -0.39 is 11.7 Å². The predicted molar refractivity (Wildman–Crippen MR) is 159 cm³/mol. The number of rotatable bonds is 9. The zero-order valence-electron chi connectivity index (χ0n) is 24.8. The summed E-state index contributed by atoms with van der Waals surface area (Å²) in [7, 11) is 0. The molecule has 3 heterocycles. The first-order chi connectivity index (χ1) is 19.3. The molecule has 220 valence electrons. The van der Waals surface area contributed by atoms with Gasteiger partial charge < -0.3 is 25.6 Å². The van der Waals surface area contributed by atoms with Crippen LogP contribution in [0.5, 0.6) is 5.75 Å². The van der Waals surface area contributed by atoms with E-state index in [9.17, 15) is 10.1 Å². The molecule has 2 aromatic rings. The highest BCUT2D eigenvalue weighted by molar-refractivity contribution is 6.47. The zero-order valence-corrected chi connectivity index (χ0v) is 24.8. The molecule has 2 aromatic heterocycles. The van der Waals surface area contributed by atoms with Crippen molar-refractivity contribution in [1.82, 2.24) is 19.9 Å². The smallest absolute Gasteiger partial charge is 0.410 e. The number of ether oxygens (including phenoxy) is 2. The lowest BCUT2D eigenvalue weighted by Gasteiger charge is -2.32. The van der Waals surface area contributed by atoms with Gasteiger partial charge in [-0.05, 0) is 67.4 Å². The number of hydrogen-bond acceptors (Lipinski definition) is 11. The molecule has 0 saturated carbocycles. The fraction of sp³-hybridized carbons (Fsp3) is 0.536. The Labute approximate surface area is 240 Å². The average Bonchev–Trinajstić information content (AvgIpc) is 3.31. The Morgan fingerprint density at radius 1 is 1.32 bits per heavy atom. The summed E-state index contributed by atoms with van der Waals surface area (Å²) in [6.07, 6.45) is 4.93. The highest BCUT2D eigenvalue weighted by atomic mass is 16.6. The normalized spacial score (nSPS) is 16.2. The van der Waals surface area contributed by atoms with Crippen molar-refractivity contribution in [2.45, 2.75) is 85.1 Å². The molecule has 13 nitrogen and oxygen atoms in total. The van der Waals surface area contributed by atoms with Gasteiger partial charge in [-0.2, -0.15) is 20.6 Å². The number of pyridine rings is 1. The van der Waals surface area contributed by atoms with Gasteiger partial charge in [-0.1, -0.05) is 0 Å². The van der Waals surface area contributed by atoms with Gasteiger partial charge in [-0.3, -0.25) is 10.4 Å². The molecule has 0 bridgehead atoms. The second kappa shape index (κ2) is 13.3. The molecule has 1 saturated heterocycles. The van der Waals surface area contributed by atoms with Crippen molar-refractivity contribution in [3.05, 3.63) is 29.6 Å². The summed E-state index contributed by atoms with van der Waals surface area (Å²) in [5, 5.41) is 30.4. The molecule has 4 N–H and O–H groups in total. The van der Waals surface area contributed by atoms with Gasteiger partial charge in [0.05, 0.1) is 29.9 Å². The Hall–Kier alpha value is -4.47. The van der Waals surface area contributed by atoms with Crippen LogP contribution in [0.2, 0.25) is 0 Å². The Morgan fingerprint density at radius 3 is 2.59 bits per heavy atom. The number of carbonyl (C=O) groups is 1. The van der Waals surface area contributed by atoms with Gasteiger partial charge in [0.2, 0.25) is 0 Å². The van der Waals surface area contributed by atoms with Gasteiger partial charge in [0, 0.05) is 30.9 Å². The first-order valence-corrected chi connectivity index (χ1v) is 13.6. The molecule has 0 aliphatic carbocycles. The number of piperidine rings is 1. The van der Waals surface area contributed by atoms with Crippen LogP contribution in [-0.4, -0.2) is 80.8 Å². The Morgan fingerprint density at radius 2 is 2.00 bits per heavy atom. The number of nitrogens with zero attached hydrogens (tertiary/aromatic N) is 7. The van der Waals surface area contributed by atoms with E-state index in [0.29, 0.717) is 59.7 Å². The van der Waals surface area contributed by atoms with Crippen LogP contribution >= 0.6 is 0 Å². The van der Waals surface area contributed by atoms with Gasteiger partial charge in [0.25, 0.3) is 0 Å². The van der Waals surface area contributed by atoms with E-state index in [1.54, 1.807) is 24.1 Å². The molecule has 3 rings (SSSR count). The number of nitrogens with one attached hydrogen (secondary N) is 2. The highest BCUT2D eigenvalue weighted by Crippen LogP contribution is 2.27. The van der Waals surface area contributed by atoms with E-state index in [1.807, 2.05) is 41.5 Å². The number of likely N-dealkylation sites (tertiary alicyclic amines) is 1. The third-order valence-corrected chi connectivity index (χ3v) is 6.21. The minimum absolute atomic E-state index is 0.0148. The summed E-state index contributed by atoms with van der Waals surface area (Å²) < 4.78 is 13.2. The average molecular weight is 565 g/mol. The zero-order chi connectivity index (χ0) is 30.3. The summed E-state index contributed by atoms with van der Waals surface area (Å²) in [5.74, 6) is 6.19. The summed E-state index contributed by atoms with van der Waals surface area (Å²) in [4.78, 5) is 19.0. The molecular formula is C28H40N10O3. The Bertz CT molecular complexity index is 1390. The van der Waals surface area contributed by atoms with Crippen LogP contribution < -0.4 is 16.0 Å². The Kier molecular flexibility index (Phi) is 10.0. The number of fused-ring (bicyclic) bond motifs is 1. The number of amides is 1.